The fourth-order valence-corrected chi connectivity index (χ4v) is 3.32. The molecule has 0 bridgehead atoms. The van der Waals surface area contributed by atoms with Gasteiger partial charge in [0.15, 0.2) is 0 Å². The maximum atomic E-state index is 12.4. The summed E-state index contributed by atoms with van der Waals surface area (Å²) >= 11 is 0.656. The van der Waals surface area contributed by atoms with Crippen LogP contribution >= 0.6 is 12.0 Å². The lowest BCUT2D eigenvalue weighted by atomic mass is 10.1. The summed E-state index contributed by atoms with van der Waals surface area (Å²) in [5.74, 6) is -0.761. The van der Waals surface area contributed by atoms with E-state index in [1.165, 1.54) is 29.3 Å². The quantitative estimate of drug-likeness (QED) is 0.115. The predicted molar refractivity (Wildman–Crippen MR) is 119 cm³/mol. The second kappa shape index (κ2) is 11.3. The van der Waals surface area contributed by atoms with Gasteiger partial charge in [0.25, 0.3) is 16.0 Å². The molecule has 32 heavy (non-hydrogen) atoms. The van der Waals surface area contributed by atoms with Crippen molar-refractivity contribution in [2.75, 3.05) is 10.2 Å². The molecule has 0 aliphatic rings. The lowest BCUT2D eigenvalue weighted by Gasteiger charge is -2.20. The number of nitriles is 1. The maximum absolute atomic E-state index is 12.4. The average Bonchev–Trinajstić information content (AvgIpc) is 2.77. The van der Waals surface area contributed by atoms with Crippen LogP contribution in [0.1, 0.15) is 5.56 Å². The van der Waals surface area contributed by atoms with Crippen molar-refractivity contribution in [2.45, 2.75) is 4.90 Å². The van der Waals surface area contributed by atoms with Crippen molar-refractivity contribution >= 4 is 45.5 Å². The van der Waals surface area contributed by atoms with Crippen LogP contribution in [0.25, 0.3) is 6.08 Å². The van der Waals surface area contributed by atoms with Gasteiger partial charge in [-0.1, -0.05) is 36.4 Å². The lowest BCUT2D eigenvalue weighted by molar-refractivity contribution is -0.431. The fourth-order valence-electron chi connectivity index (χ4n) is 2.43. The molecule has 2 aromatic carbocycles. The van der Waals surface area contributed by atoms with Crippen LogP contribution in [-0.4, -0.2) is 24.1 Å². The summed E-state index contributed by atoms with van der Waals surface area (Å²) in [7, 11) is -4.44. The lowest BCUT2D eigenvalue weighted by Crippen LogP contribution is -2.14. The first kappa shape index (κ1) is 24.8. The van der Waals surface area contributed by atoms with Gasteiger partial charge in [-0.15, -0.1) is 4.33 Å². The van der Waals surface area contributed by atoms with Crippen molar-refractivity contribution in [1.82, 2.24) is 0 Å². The number of rotatable bonds is 10. The van der Waals surface area contributed by atoms with Gasteiger partial charge in [-0.05, 0) is 42.0 Å². The Morgan fingerprint density at radius 3 is 2.50 bits per heavy atom. The number of hydrogen-bond acceptors (Lipinski definition) is 9. The van der Waals surface area contributed by atoms with Gasteiger partial charge < -0.3 is 10.2 Å². The minimum atomic E-state index is -4.44. The Bertz CT molecular complexity index is 1190. The molecule has 10 nitrogen and oxygen atoms in total. The first-order valence-electron chi connectivity index (χ1n) is 8.56. The van der Waals surface area contributed by atoms with Crippen molar-refractivity contribution in [3.63, 3.8) is 0 Å². The normalized spacial score (nSPS) is 11.3. The van der Waals surface area contributed by atoms with Crippen molar-refractivity contribution in [3.05, 3.63) is 84.1 Å². The molecule has 166 valence electrons. The molecule has 0 unspecified atom stereocenters. The number of amides is 1. The molecule has 0 saturated carbocycles. The van der Waals surface area contributed by atoms with Crippen LogP contribution in [-0.2, 0) is 24.3 Å². The number of carbonyl (C=O) groups excluding carboxylic acids is 1. The fraction of sp³-hybridized carbons (Fsp3) is 0. The molecule has 0 aromatic heterocycles. The first-order chi connectivity index (χ1) is 15.2. The number of hydrogen-bond donors (Lipinski definition) is 3. The van der Waals surface area contributed by atoms with E-state index in [1.807, 2.05) is 0 Å². The van der Waals surface area contributed by atoms with E-state index in [0.29, 0.717) is 28.3 Å². The third kappa shape index (κ3) is 6.79. The second-order valence-corrected chi connectivity index (χ2v) is 8.09. The Morgan fingerprint density at radius 1 is 1.25 bits per heavy atom. The van der Waals surface area contributed by atoms with E-state index in [0.717, 1.165) is 12.1 Å². The molecular weight excluding hydrogens is 458 g/mol. The Hall–Kier alpha value is -3.44. The molecule has 2 aromatic rings. The Labute approximate surface area is 188 Å². The third-order valence-electron chi connectivity index (χ3n) is 3.85. The smallest absolute Gasteiger partial charge is 0.294 e. The largest absolute Gasteiger partial charge is 0.321 e. The number of nitrogens with one attached hydrogen (secondary N) is 1. The van der Waals surface area contributed by atoms with Crippen LogP contribution < -0.4 is 10.2 Å². The van der Waals surface area contributed by atoms with Gasteiger partial charge in [0, 0.05) is 17.6 Å². The molecule has 0 spiro atoms. The predicted octanol–water partition coefficient (Wildman–Crippen LogP) is 3.97. The summed E-state index contributed by atoms with van der Waals surface area (Å²) in [6, 6.07) is 13.4. The molecule has 0 saturated heterocycles. The highest BCUT2D eigenvalue weighted by Crippen LogP contribution is 2.27. The Morgan fingerprint density at radius 2 is 1.94 bits per heavy atom. The highest BCUT2D eigenvalue weighted by molar-refractivity contribution is 7.98. The molecular formula is C20H17N3O7S2. The summed E-state index contributed by atoms with van der Waals surface area (Å²) < 4.78 is 35.9. The van der Waals surface area contributed by atoms with E-state index in [-0.39, 0.29) is 11.3 Å². The monoisotopic (exact) mass is 475 g/mol. The Balaban J connectivity index is 2.19. The maximum Gasteiger partial charge on any atom is 0.294 e. The molecule has 1 amide bonds. The van der Waals surface area contributed by atoms with Crippen LogP contribution in [0.15, 0.2) is 83.4 Å². The minimum Gasteiger partial charge on any atom is -0.321 e. The van der Waals surface area contributed by atoms with Crippen molar-refractivity contribution in [2.24, 2.45) is 0 Å². The highest BCUT2D eigenvalue weighted by atomic mass is 32.2. The van der Waals surface area contributed by atoms with Crippen molar-refractivity contribution in [1.29, 1.82) is 5.26 Å². The van der Waals surface area contributed by atoms with Crippen LogP contribution in [0.5, 0.6) is 0 Å². The molecule has 0 heterocycles. The topological polar surface area (TPSA) is 149 Å². The van der Waals surface area contributed by atoms with Crippen LogP contribution in [0.4, 0.5) is 11.4 Å². The van der Waals surface area contributed by atoms with Crippen LogP contribution in [0, 0.1) is 11.3 Å². The standard InChI is InChI=1S/C20H17N3O7S2/c1-3-23(14(2)31-30-29-25)18-9-7-15(8-10-18)11-16(13-21)20(24)22-17-5-4-6-19(12-17)32(26,27)28/h3-12,25H,1-2H2,(H,22,24)(H,26,27,28). The summed E-state index contributed by atoms with van der Waals surface area (Å²) in [5, 5.41) is 23.9. The zero-order chi connectivity index (χ0) is 23.7. The van der Waals surface area contributed by atoms with Crippen molar-refractivity contribution < 1.29 is 32.4 Å². The van der Waals surface area contributed by atoms with Gasteiger partial charge in [-0.2, -0.15) is 13.7 Å². The highest BCUT2D eigenvalue weighted by Gasteiger charge is 2.14. The van der Waals surface area contributed by atoms with E-state index in [4.69, 9.17) is 9.81 Å². The number of nitrogens with zero attached hydrogens (tertiary/aromatic N) is 2. The minimum absolute atomic E-state index is 0.0911. The summed E-state index contributed by atoms with van der Waals surface area (Å²) in [6.45, 7) is 7.42. The SMILES string of the molecule is C=CN(C(=C)SOOO)c1ccc(C=C(C#N)C(=O)Nc2cccc(S(=O)(=O)O)c2)cc1. The molecule has 0 fully saturated rings. The van der Waals surface area contributed by atoms with Gasteiger partial charge in [0.1, 0.15) is 16.7 Å². The average molecular weight is 476 g/mol. The first-order valence-corrected chi connectivity index (χ1v) is 10.7. The molecule has 0 atom stereocenters. The summed E-state index contributed by atoms with van der Waals surface area (Å²) in [6.07, 6.45) is 2.80. The van der Waals surface area contributed by atoms with E-state index in [1.54, 1.807) is 30.3 Å². The van der Waals surface area contributed by atoms with Crippen LogP contribution in [0.3, 0.4) is 0 Å². The summed E-state index contributed by atoms with van der Waals surface area (Å²) in [5.41, 5.74) is 1.02. The van der Waals surface area contributed by atoms with Gasteiger partial charge in [0.2, 0.25) is 0 Å². The van der Waals surface area contributed by atoms with Gasteiger partial charge >= 0.3 is 0 Å². The second-order valence-electron chi connectivity index (χ2n) is 5.89. The number of benzene rings is 2. The molecule has 12 heteroatoms. The molecule has 0 aliphatic carbocycles. The van der Waals surface area contributed by atoms with Crippen LogP contribution in [0.2, 0.25) is 0 Å². The molecule has 2 rings (SSSR count). The molecule has 3 N–H and O–H groups in total. The van der Waals surface area contributed by atoms with Crippen molar-refractivity contribution in [3.8, 4) is 6.07 Å². The molecule has 0 radical (unpaired) electrons. The van der Waals surface area contributed by atoms with E-state index < -0.39 is 20.9 Å². The van der Waals surface area contributed by atoms with E-state index in [2.05, 4.69) is 27.8 Å². The number of carbonyl (C=O) groups is 1. The van der Waals surface area contributed by atoms with E-state index in [9.17, 15) is 18.5 Å². The summed E-state index contributed by atoms with van der Waals surface area (Å²) in [4.78, 5) is 13.6. The zero-order valence-electron chi connectivity index (χ0n) is 16.3. The Kier molecular flexibility index (Phi) is 8.73. The third-order valence-corrected chi connectivity index (χ3v) is 5.22. The van der Waals surface area contributed by atoms with Gasteiger partial charge in [0.05, 0.1) is 16.9 Å². The van der Waals surface area contributed by atoms with Gasteiger partial charge in [-0.3, -0.25) is 9.35 Å². The van der Waals surface area contributed by atoms with Gasteiger partial charge in [-0.25, -0.2) is 5.26 Å². The van der Waals surface area contributed by atoms with E-state index >= 15 is 0 Å². The number of anilines is 2. The zero-order valence-corrected chi connectivity index (χ0v) is 18.0. The molecule has 0 aliphatic heterocycles.